The highest BCUT2D eigenvalue weighted by molar-refractivity contribution is 6.11. The van der Waals surface area contributed by atoms with Crippen molar-refractivity contribution in [1.29, 1.82) is 0 Å². The summed E-state index contributed by atoms with van der Waals surface area (Å²) in [7, 11) is 0. The number of non-ortho nitro benzene ring substituents is 1. The van der Waals surface area contributed by atoms with Crippen molar-refractivity contribution in [3.8, 4) is 11.3 Å². The van der Waals surface area contributed by atoms with E-state index in [9.17, 15) is 23.3 Å². The van der Waals surface area contributed by atoms with E-state index < -0.39 is 16.7 Å². The first-order valence-electron chi connectivity index (χ1n) is 10.8. The van der Waals surface area contributed by atoms with Crippen molar-refractivity contribution in [1.82, 2.24) is 4.98 Å². The zero-order valence-corrected chi connectivity index (χ0v) is 18.5. The number of rotatable bonds is 5. The summed E-state index contributed by atoms with van der Waals surface area (Å²) in [5.41, 5.74) is 5.09. The monoisotopic (exact) mass is 486 g/mol. The van der Waals surface area contributed by atoms with Crippen LogP contribution in [-0.4, -0.2) is 16.1 Å². The van der Waals surface area contributed by atoms with E-state index in [-0.39, 0.29) is 5.69 Å². The van der Waals surface area contributed by atoms with Crippen LogP contribution in [0, 0.1) is 10.1 Å². The molecule has 0 saturated carbocycles. The van der Waals surface area contributed by atoms with Crippen LogP contribution in [0.5, 0.6) is 0 Å². The number of hydrazone groups is 1. The minimum Gasteiger partial charge on any atom is -0.278 e. The van der Waals surface area contributed by atoms with Gasteiger partial charge in [0, 0.05) is 34.0 Å². The quantitative estimate of drug-likeness (QED) is 0.121. The molecular formula is C27H17F3N4O2. The van der Waals surface area contributed by atoms with E-state index in [4.69, 9.17) is 4.98 Å². The van der Waals surface area contributed by atoms with E-state index in [2.05, 4.69) is 10.5 Å². The highest BCUT2D eigenvalue weighted by Gasteiger charge is 2.30. The molecule has 0 aliphatic carbocycles. The molecule has 0 radical (unpaired) electrons. The number of fused-ring (bicyclic) bond motifs is 3. The predicted octanol–water partition coefficient (Wildman–Crippen LogP) is 7.43. The summed E-state index contributed by atoms with van der Waals surface area (Å²) in [5.74, 6) is 0. The standard InChI is InChI=1S/C27H17F3N4O2/c28-27(29,30)20-8-5-18(6-9-20)25-15-19(16-31-33-21-10-12-22(13-11-21)34(35)36)24-14-7-17-3-1-2-4-23(17)26(24)32-25/h1-16,33H. The Kier molecular flexibility index (Phi) is 5.81. The van der Waals surface area contributed by atoms with E-state index in [1.807, 2.05) is 36.4 Å². The number of nitrogens with zero attached hydrogens (tertiary/aromatic N) is 3. The van der Waals surface area contributed by atoms with Gasteiger partial charge in [-0.2, -0.15) is 18.3 Å². The van der Waals surface area contributed by atoms with Crippen LogP contribution in [0.25, 0.3) is 32.9 Å². The third kappa shape index (κ3) is 4.58. The van der Waals surface area contributed by atoms with Crippen LogP contribution < -0.4 is 5.43 Å². The third-order valence-corrected chi connectivity index (χ3v) is 5.72. The molecule has 6 nitrogen and oxygen atoms in total. The lowest BCUT2D eigenvalue weighted by Gasteiger charge is -2.11. The molecule has 0 aliphatic rings. The number of nitro groups is 1. The molecule has 0 unspecified atom stereocenters. The average Bonchev–Trinajstić information content (AvgIpc) is 2.88. The molecule has 0 amide bonds. The number of alkyl halides is 3. The molecule has 5 rings (SSSR count). The molecule has 1 aromatic heterocycles. The highest BCUT2D eigenvalue weighted by atomic mass is 19.4. The Labute approximate surface area is 202 Å². The van der Waals surface area contributed by atoms with Gasteiger partial charge in [0.05, 0.1) is 33.6 Å². The zero-order valence-electron chi connectivity index (χ0n) is 18.5. The minimum absolute atomic E-state index is 0.0299. The second-order valence-corrected chi connectivity index (χ2v) is 8.03. The SMILES string of the molecule is O=[N+]([O-])c1ccc(NN=Cc2cc(-c3ccc(C(F)(F)F)cc3)nc3c2ccc2ccccc23)cc1. The number of nitro benzene ring substituents is 1. The molecule has 36 heavy (non-hydrogen) atoms. The summed E-state index contributed by atoms with van der Waals surface area (Å²) in [6.07, 6.45) is -2.83. The molecule has 0 aliphatic heterocycles. The van der Waals surface area contributed by atoms with E-state index >= 15 is 0 Å². The number of pyridine rings is 1. The normalized spacial score (nSPS) is 11.9. The van der Waals surface area contributed by atoms with Gasteiger partial charge in [-0.3, -0.25) is 15.5 Å². The number of hydrogen-bond acceptors (Lipinski definition) is 5. The maximum atomic E-state index is 13.0. The van der Waals surface area contributed by atoms with Gasteiger partial charge in [-0.15, -0.1) is 0 Å². The van der Waals surface area contributed by atoms with Crippen LogP contribution in [0.4, 0.5) is 24.5 Å². The van der Waals surface area contributed by atoms with Crippen molar-refractivity contribution < 1.29 is 18.1 Å². The summed E-state index contributed by atoms with van der Waals surface area (Å²) < 4.78 is 39.1. The molecule has 0 spiro atoms. The Morgan fingerprint density at radius 1 is 0.889 bits per heavy atom. The van der Waals surface area contributed by atoms with Gasteiger partial charge in [0.25, 0.3) is 5.69 Å². The molecule has 0 fully saturated rings. The van der Waals surface area contributed by atoms with E-state index in [0.29, 0.717) is 28.0 Å². The fourth-order valence-corrected chi connectivity index (χ4v) is 3.90. The molecule has 5 aromatic rings. The van der Waals surface area contributed by atoms with Crippen LogP contribution in [-0.2, 0) is 6.18 Å². The van der Waals surface area contributed by atoms with Crippen LogP contribution in [0.2, 0.25) is 0 Å². The fourth-order valence-electron chi connectivity index (χ4n) is 3.90. The van der Waals surface area contributed by atoms with Crippen molar-refractivity contribution in [3.05, 3.63) is 112 Å². The van der Waals surface area contributed by atoms with Crippen LogP contribution in [0.1, 0.15) is 11.1 Å². The van der Waals surface area contributed by atoms with Crippen LogP contribution >= 0.6 is 0 Å². The van der Waals surface area contributed by atoms with E-state index in [1.54, 1.807) is 24.4 Å². The number of aromatic nitrogens is 1. The van der Waals surface area contributed by atoms with Crippen molar-refractivity contribution in [2.24, 2.45) is 5.10 Å². The van der Waals surface area contributed by atoms with Crippen LogP contribution in [0.3, 0.4) is 0 Å². The Hall–Kier alpha value is -4.79. The number of nitrogens with one attached hydrogen (secondary N) is 1. The molecule has 178 valence electrons. The smallest absolute Gasteiger partial charge is 0.278 e. The van der Waals surface area contributed by atoms with Gasteiger partial charge < -0.3 is 0 Å². The molecule has 0 atom stereocenters. The van der Waals surface area contributed by atoms with Crippen molar-refractivity contribution in [3.63, 3.8) is 0 Å². The molecule has 4 aromatic carbocycles. The Balaban J connectivity index is 1.57. The van der Waals surface area contributed by atoms with Gasteiger partial charge in [0.2, 0.25) is 0 Å². The number of benzene rings is 4. The minimum atomic E-state index is -4.42. The van der Waals surface area contributed by atoms with Gasteiger partial charge in [-0.25, -0.2) is 4.98 Å². The molecule has 9 heteroatoms. The molecular weight excluding hydrogens is 469 g/mol. The maximum Gasteiger partial charge on any atom is 0.416 e. The largest absolute Gasteiger partial charge is 0.416 e. The molecule has 1 N–H and O–H groups in total. The Bertz CT molecular complexity index is 1610. The second kappa shape index (κ2) is 9.10. The van der Waals surface area contributed by atoms with Gasteiger partial charge in [0.15, 0.2) is 0 Å². The number of hydrogen-bond donors (Lipinski definition) is 1. The van der Waals surface area contributed by atoms with Gasteiger partial charge in [-0.1, -0.05) is 48.5 Å². The van der Waals surface area contributed by atoms with E-state index in [1.165, 1.54) is 24.3 Å². The fraction of sp³-hybridized carbons (Fsp3) is 0.0370. The van der Waals surface area contributed by atoms with Gasteiger partial charge in [-0.05, 0) is 35.7 Å². The third-order valence-electron chi connectivity index (χ3n) is 5.72. The summed E-state index contributed by atoms with van der Waals surface area (Å²) in [6.45, 7) is 0. The molecule has 0 saturated heterocycles. The van der Waals surface area contributed by atoms with Crippen molar-refractivity contribution in [2.45, 2.75) is 6.18 Å². The highest BCUT2D eigenvalue weighted by Crippen LogP contribution is 2.33. The van der Waals surface area contributed by atoms with Gasteiger partial charge >= 0.3 is 6.18 Å². The number of halogens is 3. The number of anilines is 1. The van der Waals surface area contributed by atoms with Crippen molar-refractivity contribution >= 4 is 39.3 Å². The average molecular weight is 486 g/mol. The lowest BCUT2D eigenvalue weighted by atomic mass is 10.00. The maximum absolute atomic E-state index is 13.0. The lowest BCUT2D eigenvalue weighted by molar-refractivity contribution is -0.384. The lowest BCUT2D eigenvalue weighted by Crippen LogP contribution is -2.04. The first kappa shape index (κ1) is 23.0. The van der Waals surface area contributed by atoms with Crippen molar-refractivity contribution in [2.75, 3.05) is 5.43 Å². The first-order valence-corrected chi connectivity index (χ1v) is 10.8. The van der Waals surface area contributed by atoms with Crippen LogP contribution in [0.15, 0.2) is 96.1 Å². The Morgan fingerprint density at radius 3 is 2.31 bits per heavy atom. The summed E-state index contributed by atoms with van der Waals surface area (Å²) >= 11 is 0. The topological polar surface area (TPSA) is 80.4 Å². The van der Waals surface area contributed by atoms with E-state index in [0.717, 1.165) is 28.3 Å². The molecule has 0 bridgehead atoms. The second-order valence-electron chi connectivity index (χ2n) is 8.03. The predicted molar refractivity (Wildman–Crippen MR) is 134 cm³/mol. The van der Waals surface area contributed by atoms with Gasteiger partial charge in [0.1, 0.15) is 0 Å². The molecule has 1 heterocycles. The first-order chi connectivity index (χ1) is 17.3. The summed E-state index contributed by atoms with van der Waals surface area (Å²) in [5, 5.41) is 17.8. The zero-order chi connectivity index (χ0) is 25.3. The summed E-state index contributed by atoms with van der Waals surface area (Å²) in [6, 6.07) is 24.1. The summed E-state index contributed by atoms with van der Waals surface area (Å²) in [4.78, 5) is 15.1. The Morgan fingerprint density at radius 2 is 1.61 bits per heavy atom.